The zero-order valence-corrected chi connectivity index (χ0v) is 10.9. The van der Waals surface area contributed by atoms with Gasteiger partial charge in [0.05, 0.1) is 13.7 Å². The highest BCUT2D eigenvalue weighted by molar-refractivity contribution is 9.10. The second-order valence-corrected chi connectivity index (χ2v) is 4.40. The van der Waals surface area contributed by atoms with Crippen molar-refractivity contribution in [3.63, 3.8) is 0 Å². The smallest absolute Gasteiger partial charge is 0.318 e. The Morgan fingerprint density at radius 2 is 2.12 bits per heavy atom. The largest absolute Gasteiger partial charge is 0.497 e. The van der Waals surface area contributed by atoms with Gasteiger partial charge in [0.15, 0.2) is 0 Å². The van der Waals surface area contributed by atoms with Crippen molar-refractivity contribution in [2.75, 3.05) is 13.7 Å². The van der Waals surface area contributed by atoms with Gasteiger partial charge in [0.25, 0.3) is 0 Å². The Morgan fingerprint density at radius 3 is 2.65 bits per heavy atom. The van der Waals surface area contributed by atoms with Crippen LogP contribution in [0.3, 0.4) is 0 Å². The summed E-state index contributed by atoms with van der Waals surface area (Å²) in [6.07, 6.45) is 0. The number of nitrogens with one attached hydrogen (secondary N) is 1. The van der Waals surface area contributed by atoms with E-state index in [1.54, 1.807) is 7.11 Å². The van der Waals surface area contributed by atoms with Crippen molar-refractivity contribution >= 4 is 21.9 Å². The first-order valence-electron chi connectivity index (χ1n) is 4.98. The van der Waals surface area contributed by atoms with Crippen LogP contribution in [0.4, 0.5) is 0 Å². The number of halogens is 1. The number of rotatable bonds is 7. The lowest BCUT2D eigenvalue weighted by atomic mass is 10.2. The Labute approximate surface area is 108 Å². The van der Waals surface area contributed by atoms with E-state index in [-0.39, 0.29) is 6.54 Å². The van der Waals surface area contributed by atoms with E-state index in [1.807, 2.05) is 24.3 Å². The van der Waals surface area contributed by atoms with Crippen LogP contribution in [0.25, 0.3) is 0 Å². The summed E-state index contributed by atoms with van der Waals surface area (Å²) in [6.45, 7) is 0.564. The lowest BCUT2D eigenvalue weighted by Gasteiger charge is -2.08. The number of hydroxylamine groups is 1. The summed E-state index contributed by atoms with van der Waals surface area (Å²) in [5.41, 5.74) is 3.56. The number of aliphatic carboxylic acids is 1. The van der Waals surface area contributed by atoms with E-state index in [0.717, 1.165) is 11.3 Å². The van der Waals surface area contributed by atoms with Gasteiger partial charge in [-0.2, -0.15) is 0 Å². The molecule has 1 aromatic carbocycles. The molecule has 1 aromatic rings. The predicted molar refractivity (Wildman–Crippen MR) is 66.1 cm³/mol. The quantitative estimate of drug-likeness (QED) is 0.455. The molecule has 0 amide bonds. The van der Waals surface area contributed by atoms with E-state index < -0.39 is 10.8 Å². The first-order chi connectivity index (χ1) is 8.13. The third kappa shape index (κ3) is 5.16. The summed E-state index contributed by atoms with van der Waals surface area (Å²) in [6, 6.07) is 7.43. The Balaban J connectivity index is 2.24. The van der Waals surface area contributed by atoms with Gasteiger partial charge in [-0.3, -0.25) is 9.63 Å². The molecule has 0 saturated carbocycles. The van der Waals surface area contributed by atoms with Gasteiger partial charge in [0.1, 0.15) is 10.6 Å². The van der Waals surface area contributed by atoms with Crippen LogP contribution in [0.1, 0.15) is 5.56 Å². The number of carboxylic acid groups (broad SMARTS) is 1. The Kier molecular flexibility index (Phi) is 5.96. The standard InChI is InChI=1S/C11H14BrNO4/c1-16-9-4-2-8(3-5-9)7-17-13-6-10(12)11(14)15/h2-5,10,13H,6-7H2,1H3,(H,14,15). The minimum absolute atomic E-state index is 0.200. The van der Waals surface area contributed by atoms with Crippen LogP contribution < -0.4 is 10.2 Å². The van der Waals surface area contributed by atoms with Crippen LogP contribution in [0.5, 0.6) is 5.75 Å². The van der Waals surface area contributed by atoms with Gasteiger partial charge in [0, 0.05) is 6.54 Å². The first-order valence-corrected chi connectivity index (χ1v) is 5.89. The molecule has 0 fully saturated rings. The molecule has 1 rings (SSSR count). The average molecular weight is 304 g/mol. The summed E-state index contributed by atoms with van der Waals surface area (Å²) in [4.78, 5) is 15.0. The summed E-state index contributed by atoms with van der Waals surface area (Å²) in [5.74, 6) is -0.140. The lowest BCUT2D eigenvalue weighted by molar-refractivity contribution is -0.136. The van der Waals surface area contributed by atoms with Crippen LogP contribution in [-0.4, -0.2) is 29.6 Å². The molecule has 2 N–H and O–H groups in total. The number of hydrogen-bond acceptors (Lipinski definition) is 4. The highest BCUT2D eigenvalue weighted by atomic mass is 79.9. The number of hydrogen-bond donors (Lipinski definition) is 2. The van der Waals surface area contributed by atoms with Crippen molar-refractivity contribution in [2.45, 2.75) is 11.4 Å². The monoisotopic (exact) mass is 303 g/mol. The number of ether oxygens (including phenoxy) is 1. The molecule has 0 aromatic heterocycles. The van der Waals surface area contributed by atoms with Gasteiger partial charge in [-0.15, -0.1) is 0 Å². The molecule has 0 aliphatic heterocycles. The van der Waals surface area contributed by atoms with E-state index in [2.05, 4.69) is 21.4 Å². The number of benzene rings is 1. The lowest BCUT2D eigenvalue weighted by Crippen LogP contribution is -2.28. The molecular formula is C11H14BrNO4. The predicted octanol–water partition coefficient (Wildman–Crippen LogP) is 1.56. The molecule has 0 spiro atoms. The van der Waals surface area contributed by atoms with Crippen LogP contribution in [0, 0.1) is 0 Å². The minimum Gasteiger partial charge on any atom is -0.497 e. The van der Waals surface area contributed by atoms with Crippen LogP contribution in [0.2, 0.25) is 0 Å². The number of methoxy groups -OCH3 is 1. The molecule has 17 heavy (non-hydrogen) atoms. The summed E-state index contributed by atoms with van der Waals surface area (Å²) < 4.78 is 5.02. The topological polar surface area (TPSA) is 67.8 Å². The molecule has 0 bridgehead atoms. The number of alkyl halides is 1. The van der Waals surface area contributed by atoms with Gasteiger partial charge in [-0.1, -0.05) is 28.1 Å². The van der Waals surface area contributed by atoms with Crippen molar-refractivity contribution in [3.05, 3.63) is 29.8 Å². The van der Waals surface area contributed by atoms with Crippen molar-refractivity contribution in [1.82, 2.24) is 5.48 Å². The van der Waals surface area contributed by atoms with Crippen LogP contribution in [0.15, 0.2) is 24.3 Å². The first kappa shape index (κ1) is 14.0. The highest BCUT2D eigenvalue weighted by Gasteiger charge is 2.11. The van der Waals surface area contributed by atoms with Gasteiger partial charge < -0.3 is 9.84 Å². The molecule has 1 atom stereocenters. The van der Waals surface area contributed by atoms with E-state index in [0.29, 0.717) is 6.61 Å². The fourth-order valence-corrected chi connectivity index (χ4v) is 1.21. The molecule has 0 aliphatic carbocycles. The normalized spacial score (nSPS) is 12.1. The number of carbonyl (C=O) groups is 1. The van der Waals surface area contributed by atoms with Gasteiger partial charge in [-0.25, -0.2) is 5.48 Å². The molecule has 0 heterocycles. The summed E-state index contributed by atoms with van der Waals surface area (Å²) in [7, 11) is 1.61. The second kappa shape index (κ2) is 7.26. The molecule has 5 nitrogen and oxygen atoms in total. The second-order valence-electron chi connectivity index (χ2n) is 3.29. The fourth-order valence-electron chi connectivity index (χ4n) is 1.08. The van der Waals surface area contributed by atoms with Crippen molar-refractivity contribution in [1.29, 1.82) is 0 Å². The Morgan fingerprint density at radius 1 is 1.47 bits per heavy atom. The summed E-state index contributed by atoms with van der Waals surface area (Å²) in [5, 5.41) is 8.60. The Bertz CT molecular complexity index is 355. The maximum absolute atomic E-state index is 10.5. The van der Waals surface area contributed by atoms with Gasteiger partial charge in [0.2, 0.25) is 0 Å². The molecule has 0 radical (unpaired) electrons. The zero-order chi connectivity index (χ0) is 12.7. The van der Waals surface area contributed by atoms with Gasteiger partial charge >= 0.3 is 5.97 Å². The molecular weight excluding hydrogens is 290 g/mol. The number of carboxylic acids is 1. The Hall–Kier alpha value is -1.11. The maximum atomic E-state index is 10.5. The van der Waals surface area contributed by atoms with Crippen molar-refractivity contribution in [3.8, 4) is 5.75 Å². The average Bonchev–Trinajstić information content (AvgIpc) is 2.35. The van der Waals surface area contributed by atoms with Crippen LogP contribution >= 0.6 is 15.9 Å². The summed E-state index contributed by atoms with van der Waals surface area (Å²) >= 11 is 2.99. The zero-order valence-electron chi connectivity index (χ0n) is 9.35. The molecule has 6 heteroatoms. The highest BCUT2D eigenvalue weighted by Crippen LogP contribution is 2.11. The van der Waals surface area contributed by atoms with E-state index in [1.165, 1.54) is 0 Å². The molecule has 0 aliphatic rings. The van der Waals surface area contributed by atoms with Crippen LogP contribution in [-0.2, 0) is 16.2 Å². The SMILES string of the molecule is COc1ccc(CONCC(Br)C(=O)O)cc1. The van der Waals surface area contributed by atoms with Crippen molar-refractivity contribution in [2.24, 2.45) is 0 Å². The molecule has 94 valence electrons. The van der Waals surface area contributed by atoms with E-state index in [9.17, 15) is 4.79 Å². The third-order valence-electron chi connectivity index (χ3n) is 2.03. The minimum atomic E-state index is -0.925. The van der Waals surface area contributed by atoms with E-state index >= 15 is 0 Å². The third-order valence-corrected chi connectivity index (χ3v) is 2.75. The van der Waals surface area contributed by atoms with E-state index in [4.69, 9.17) is 14.7 Å². The maximum Gasteiger partial charge on any atom is 0.318 e. The fraction of sp³-hybridized carbons (Fsp3) is 0.364. The molecule has 1 unspecified atom stereocenters. The molecule has 0 saturated heterocycles. The van der Waals surface area contributed by atoms with Gasteiger partial charge in [-0.05, 0) is 17.7 Å². The van der Waals surface area contributed by atoms with Crippen molar-refractivity contribution < 1.29 is 19.5 Å².